The molecular formula is C15H20N2O4. The molecule has 0 spiro atoms. The summed E-state index contributed by atoms with van der Waals surface area (Å²) in [6, 6.07) is 0.323. The van der Waals surface area contributed by atoms with Gasteiger partial charge in [0.2, 0.25) is 0 Å². The molecule has 1 aromatic rings. The zero-order chi connectivity index (χ0) is 15.1. The Labute approximate surface area is 123 Å². The molecule has 2 aliphatic rings. The number of amides is 1. The van der Waals surface area contributed by atoms with Gasteiger partial charge in [-0.1, -0.05) is 5.16 Å². The van der Waals surface area contributed by atoms with Crippen molar-refractivity contribution in [2.24, 2.45) is 5.92 Å². The van der Waals surface area contributed by atoms with Gasteiger partial charge in [-0.15, -0.1) is 0 Å². The number of fused-ring (bicyclic) bond motifs is 2. The molecule has 2 saturated heterocycles. The van der Waals surface area contributed by atoms with Crippen LogP contribution in [-0.2, 0) is 4.79 Å². The molecular weight excluding hydrogens is 272 g/mol. The number of aromatic nitrogens is 1. The van der Waals surface area contributed by atoms with Gasteiger partial charge >= 0.3 is 5.97 Å². The van der Waals surface area contributed by atoms with Gasteiger partial charge in [0.25, 0.3) is 5.91 Å². The van der Waals surface area contributed by atoms with Gasteiger partial charge in [0.05, 0.1) is 5.69 Å². The molecule has 1 aromatic heterocycles. The predicted octanol–water partition coefficient (Wildman–Crippen LogP) is 2.15. The van der Waals surface area contributed by atoms with Gasteiger partial charge in [-0.25, -0.2) is 0 Å². The SMILES string of the molecule is Cc1noc(C)c1C(=O)N1C2CCC1CC(CC(=O)O)C2. The lowest BCUT2D eigenvalue weighted by atomic mass is 9.87. The fraction of sp³-hybridized carbons (Fsp3) is 0.667. The summed E-state index contributed by atoms with van der Waals surface area (Å²) in [6.45, 7) is 3.54. The number of hydrogen-bond donors (Lipinski definition) is 1. The molecule has 0 saturated carbocycles. The Morgan fingerprint density at radius 3 is 2.38 bits per heavy atom. The number of piperidine rings is 1. The highest BCUT2D eigenvalue weighted by atomic mass is 16.5. The van der Waals surface area contributed by atoms with E-state index in [-0.39, 0.29) is 30.3 Å². The number of carboxylic acids is 1. The molecule has 6 heteroatoms. The van der Waals surface area contributed by atoms with Crippen molar-refractivity contribution in [1.82, 2.24) is 10.1 Å². The highest BCUT2D eigenvalue weighted by Gasteiger charge is 2.44. The van der Waals surface area contributed by atoms with Crippen molar-refractivity contribution in [3.8, 4) is 0 Å². The second-order valence-electron chi connectivity index (χ2n) is 6.23. The van der Waals surface area contributed by atoms with Crippen molar-refractivity contribution in [1.29, 1.82) is 0 Å². The molecule has 2 bridgehead atoms. The van der Waals surface area contributed by atoms with Crippen LogP contribution in [0, 0.1) is 19.8 Å². The van der Waals surface area contributed by atoms with Gasteiger partial charge in [-0.05, 0) is 45.4 Å². The van der Waals surface area contributed by atoms with Crippen LogP contribution in [0.3, 0.4) is 0 Å². The maximum atomic E-state index is 12.8. The van der Waals surface area contributed by atoms with E-state index in [2.05, 4.69) is 5.16 Å². The van der Waals surface area contributed by atoms with Crippen LogP contribution in [0.2, 0.25) is 0 Å². The Kier molecular flexibility index (Phi) is 3.47. The van der Waals surface area contributed by atoms with Crippen LogP contribution in [0.1, 0.15) is 53.9 Å². The molecule has 114 valence electrons. The molecule has 21 heavy (non-hydrogen) atoms. The fourth-order valence-electron chi connectivity index (χ4n) is 3.95. The maximum Gasteiger partial charge on any atom is 0.303 e. The number of carboxylic acid groups (broad SMARTS) is 1. The number of aryl methyl sites for hydroxylation is 2. The lowest BCUT2D eigenvalue weighted by molar-refractivity contribution is -0.138. The van der Waals surface area contributed by atoms with Gasteiger partial charge < -0.3 is 14.5 Å². The van der Waals surface area contributed by atoms with Crippen LogP contribution in [0.25, 0.3) is 0 Å². The third-order valence-corrected chi connectivity index (χ3v) is 4.78. The van der Waals surface area contributed by atoms with Crippen LogP contribution in [0.4, 0.5) is 0 Å². The summed E-state index contributed by atoms with van der Waals surface area (Å²) in [5.41, 5.74) is 1.20. The normalized spacial score (nSPS) is 27.9. The molecule has 3 rings (SSSR count). The van der Waals surface area contributed by atoms with Crippen LogP contribution in [-0.4, -0.2) is 39.1 Å². The second kappa shape index (κ2) is 5.16. The van der Waals surface area contributed by atoms with Crippen LogP contribution < -0.4 is 0 Å². The van der Waals surface area contributed by atoms with Crippen molar-refractivity contribution < 1.29 is 19.2 Å². The summed E-state index contributed by atoms with van der Waals surface area (Å²) >= 11 is 0. The van der Waals surface area contributed by atoms with Crippen LogP contribution >= 0.6 is 0 Å². The number of carbonyl (C=O) groups is 2. The molecule has 2 fully saturated rings. The lowest BCUT2D eigenvalue weighted by Crippen LogP contribution is -2.47. The second-order valence-corrected chi connectivity index (χ2v) is 6.23. The minimum absolute atomic E-state index is 0.00692. The molecule has 2 unspecified atom stereocenters. The average Bonchev–Trinajstić information content (AvgIpc) is 2.86. The standard InChI is InChI=1S/C15H20N2O4/c1-8-14(9(2)21-16-8)15(20)17-11-3-4-12(17)6-10(5-11)7-13(18)19/h10-12H,3-7H2,1-2H3,(H,18,19). The number of aliphatic carboxylic acids is 1. The van der Waals surface area contributed by atoms with Crippen molar-refractivity contribution >= 4 is 11.9 Å². The first-order valence-corrected chi connectivity index (χ1v) is 7.44. The van der Waals surface area contributed by atoms with Crippen molar-refractivity contribution in [2.75, 3.05) is 0 Å². The van der Waals surface area contributed by atoms with Crippen molar-refractivity contribution in [2.45, 2.75) is 58.0 Å². The van der Waals surface area contributed by atoms with Gasteiger partial charge in [0.15, 0.2) is 0 Å². The van der Waals surface area contributed by atoms with Gasteiger partial charge in [-0.3, -0.25) is 9.59 Å². The van der Waals surface area contributed by atoms with Gasteiger partial charge in [-0.2, -0.15) is 0 Å². The summed E-state index contributed by atoms with van der Waals surface area (Å²) in [4.78, 5) is 25.6. The molecule has 6 nitrogen and oxygen atoms in total. The Morgan fingerprint density at radius 2 is 1.90 bits per heavy atom. The smallest absolute Gasteiger partial charge is 0.303 e. The Bertz CT molecular complexity index is 547. The van der Waals surface area contributed by atoms with E-state index in [1.165, 1.54) is 0 Å². The van der Waals surface area contributed by atoms with E-state index in [1.807, 2.05) is 4.90 Å². The molecule has 0 radical (unpaired) electrons. The summed E-state index contributed by atoms with van der Waals surface area (Å²) in [7, 11) is 0. The summed E-state index contributed by atoms with van der Waals surface area (Å²) in [6.07, 6.45) is 3.72. The molecule has 0 aromatic carbocycles. The summed E-state index contributed by atoms with van der Waals surface area (Å²) in [5, 5.41) is 12.8. The quantitative estimate of drug-likeness (QED) is 0.922. The highest BCUT2D eigenvalue weighted by Crippen LogP contribution is 2.41. The topological polar surface area (TPSA) is 83.6 Å². The first-order chi connectivity index (χ1) is 9.97. The first kappa shape index (κ1) is 14.1. The summed E-state index contributed by atoms with van der Waals surface area (Å²) in [5.74, 6) is -0.00398. The molecule has 2 atom stereocenters. The minimum atomic E-state index is -0.745. The van der Waals surface area contributed by atoms with Gasteiger partial charge in [0.1, 0.15) is 11.3 Å². The summed E-state index contributed by atoms with van der Waals surface area (Å²) < 4.78 is 5.10. The van der Waals surface area contributed by atoms with E-state index in [9.17, 15) is 9.59 Å². The van der Waals surface area contributed by atoms with Crippen molar-refractivity contribution in [3.63, 3.8) is 0 Å². The molecule has 1 amide bonds. The van der Waals surface area contributed by atoms with E-state index in [1.54, 1.807) is 13.8 Å². The van der Waals surface area contributed by atoms with Gasteiger partial charge in [0, 0.05) is 18.5 Å². The number of rotatable bonds is 3. The Balaban J connectivity index is 1.79. The van der Waals surface area contributed by atoms with Crippen LogP contribution in [0.5, 0.6) is 0 Å². The van der Waals surface area contributed by atoms with E-state index in [0.29, 0.717) is 17.0 Å². The Hall–Kier alpha value is -1.85. The first-order valence-electron chi connectivity index (χ1n) is 7.44. The van der Waals surface area contributed by atoms with E-state index in [4.69, 9.17) is 9.63 Å². The molecule has 1 N–H and O–H groups in total. The zero-order valence-electron chi connectivity index (χ0n) is 12.3. The number of carbonyl (C=O) groups excluding carboxylic acids is 1. The lowest BCUT2D eigenvalue weighted by Gasteiger charge is -2.38. The average molecular weight is 292 g/mol. The fourth-order valence-corrected chi connectivity index (χ4v) is 3.95. The van der Waals surface area contributed by atoms with Crippen molar-refractivity contribution in [3.05, 3.63) is 17.0 Å². The molecule has 2 aliphatic heterocycles. The monoisotopic (exact) mass is 292 g/mol. The predicted molar refractivity (Wildman–Crippen MR) is 73.9 cm³/mol. The maximum absolute atomic E-state index is 12.8. The minimum Gasteiger partial charge on any atom is -0.481 e. The Morgan fingerprint density at radius 1 is 1.29 bits per heavy atom. The van der Waals surface area contributed by atoms with E-state index >= 15 is 0 Å². The van der Waals surface area contributed by atoms with E-state index in [0.717, 1.165) is 25.7 Å². The largest absolute Gasteiger partial charge is 0.481 e. The third kappa shape index (κ3) is 2.43. The number of nitrogens with zero attached hydrogens (tertiary/aromatic N) is 2. The number of hydrogen-bond acceptors (Lipinski definition) is 4. The molecule has 0 aliphatic carbocycles. The van der Waals surface area contributed by atoms with E-state index < -0.39 is 5.97 Å². The third-order valence-electron chi connectivity index (χ3n) is 4.78. The highest BCUT2D eigenvalue weighted by molar-refractivity contribution is 5.96. The van der Waals surface area contributed by atoms with Crippen LogP contribution in [0.15, 0.2) is 4.52 Å². The zero-order valence-corrected chi connectivity index (χ0v) is 12.3. The molecule has 3 heterocycles.